The number of nitrogens with one attached hydrogen (secondary N) is 2. The van der Waals surface area contributed by atoms with E-state index in [9.17, 15) is 19.2 Å². The summed E-state index contributed by atoms with van der Waals surface area (Å²) in [5, 5.41) is 5.74. The Kier molecular flexibility index (Phi) is 8.08. The van der Waals surface area contributed by atoms with Crippen LogP contribution in [0.1, 0.15) is 16.8 Å². The molecule has 0 bridgehead atoms. The third-order valence-corrected chi connectivity index (χ3v) is 6.35. The topological polar surface area (TPSA) is 119 Å². The van der Waals surface area contributed by atoms with E-state index in [1.165, 1.54) is 42.5 Å². The van der Waals surface area contributed by atoms with Crippen LogP contribution in [0.15, 0.2) is 65.6 Å². The zero-order chi connectivity index (χ0) is 27.4. The van der Waals surface area contributed by atoms with Gasteiger partial charge in [0.2, 0.25) is 5.91 Å². The highest BCUT2D eigenvalue weighted by Gasteiger charge is 2.40. The Morgan fingerprint density at radius 1 is 1.05 bits per heavy atom. The van der Waals surface area contributed by atoms with Gasteiger partial charge in [-0.25, -0.2) is 14.0 Å². The molecule has 198 valence electrons. The Bertz CT molecular complexity index is 1430. The maximum Gasteiger partial charge on any atom is 0.343 e. The normalized spacial score (nSPS) is 16.7. The first-order valence-electron chi connectivity index (χ1n) is 11.5. The van der Waals surface area contributed by atoms with Crippen LogP contribution in [0.2, 0.25) is 5.02 Å². The highest BCUT2D eigenvalue weighted by Crippen LogP contribution is 2.25. The number of aromatic nitrogens is 1. The molecule has 10 nitrogen and oxygen atoms in total. The number of pyridine rings is 1. The van der Waals surface area contributed by atoms with E-state index in [0.717, 1.165) is 17.7 Å². The SMILES string of the molecule is COC(=O)c1cccn(-c2ccc(NC(=O)[C@H]3C[C@@H](OC)CN3C(=O)Nc3ccc(Cl)cc3)c(F)c2)c1=O. The monoisotopic (exact) mass is 542 g/mol. The van der Waals surface area contributed by atoms with E-state index in [0.29, 0.717) is 10.7 Å². The molecular formula is C26H24ClFN4O6. The van der Waals surface area contributed by atoms with Crippen LogP contribution in [0, 0.1) is 5.82 Å². The number of nitrogens with zero attached hydrogens (tertiary/aromatic N) is 2. The Balaban J connectivity index is 1.52. The van der Waals surface area contributed by atoms with Crippen molar-refractivity contribution >= 4 is 40.9 Å². The fraction of sp³-hybridized carbons (Fsp3) is 0.231. The average Bonchev–Trinajstić information content (AvgIpc) is 3.36. The zero-order valence-electron chi connectivity index (χ0n) is 20.4. The summed E-state index contributed by atoms with van der Waals surface area (Å²) in [4.78, 5) is 51.8. The summed E-state index contributed by atoms with van der Waals surface area (Å²) in [6.07, 6.45) is 1.21. The number of hydrogen-bond donors (Lipinski definition) is 2. The summed E-state index contributed by atoms with van der Waals surface area (Å²) in [6, 6.07) is 11.6. The molecule has 0 radical (unpaired) electrons. The minimum atomic E-state index is -0.925. The molecule has 2 heterocycles. The number of anilines is 2. The van der Waals surface area contributed by atoms with E-state index in [1.807, 2.05) is 0 Å². The number of likely N-dealkylation sites (tertiary alicyclic amines) is 1. The molecule has 2 aromatic carbocycles. The quantitative estimate of drug-likeness (QED) is 0.459. The molecule has 0 spiro atoms. The summed E-state index contributed by atoms with van der Waals surface area (Å²) in [7, 11) is 2.63. The van der Waals surface area contributed by atoms with Gasteiger partial charge in [-0.15, -0.1) is 0 Å². The van der Waals surface area contributed by atoms with Crippen molar-refractivity contribution in [3.8, 4) is 5.69 Å². The van der Waals surface area contributed by atoms with E-state index in [-0.39, 0.29) is 36.0 Å². The lowest BCUT2D eigenvalue weighted by Crippen LogP contribution is -2.45. The number of carbonyl (C=O) groups is 3. The van der Waals surface area contributed by atoms with Crippen molar-refractivity contribution in [2.24, 2.45) is 0 Å². The molecule has 3 amide bonds. The Morgan fingerprint density at radius 2 is 1.79 bits per heavy atom. The molecule has 3 aromatic rings. The standard InChI is InChI=1S/C26H24ClFN4O6/c1-37-18-13-22(32(14-18)26(36)29-16-7-5-15(27)6-8-16)23(33)30-21-10-9-17(12-20(21)28)31-11-3-4-19(24(31)34)25(35)38-2/h3-12,18,22H,13-14H2,1-2H3,(H,29,36)(H,30,33)/t18-,22-/m1/s1. The lowest BCUT2D eigenvalue weighted by molar-refractivity contribution is -0.119. The van der Waals surface area contributed by atoms with Crippen molar-refractivity contribution in [3.05, 3.63) is 87.6 Å². The minimum absolute atomic E-state index is 0.139. The smallest absolute Gasteiger partial charge is 0.343 e. The molecule has 2 atom stereocenters. The third-order valence-electron chi connectivity index (χ3n) is 6.10. The predicted octanol–water partition coefficient (Wildman–Crippen LogP) is 3.68. The van der Waals surface area contributed by atoms with Crippen LogP contribution in [0.25, 0.3) is 5.69 Å². The van der Waals surface area contributed by atoms with E-state index in [4.69, 9.17) is 16.3 Å². The molecule has 38 heavy (non-hydrogen) atoms. The Hall–Kier alpha value is -4.22. The van der Waals surface area contributed by atoms with Crippen LogP contribution in [-0.2, 0) is 14.3 Å². The second kappa shape index (κ2) is 11.4. The largest absolute Gasteiger partial charge is 0.465 e. The lowest BCUT2D eigenvalue weighted by atomic mass is 10.1. The van der Waals surface area contributed by atoms with E-state index in [2.05, 4.69) is 15.4 Å². The van der Waals surface area contributed by atoms with Crippen molar-refractivity contribution in [1.82, 2.24) is 9.47 Å². The highest BCUT2D eigenvalue weighted by molar-refractivity contribution is 6.30. The van der Waals surface area contributed by atoms with Crippen LogP contribution >= 0.6 is 11.6 Å². The van der Waals surface area contributed by atoms with Crippen LogP contribution in [0.3, 0.4) is 0 Å². The van der Waals surface area contributed by atoms with Gasteiger partial charge in [-0.05, 0) is 48.5 Å². The Labute approximate surface area is 221 Å². The van der Waals surface area contributed by atoms with Crippen molar-refractivity contribution in [1.29, 1.82) is 0 Å². The molecule has 12 heteroatoms. The van der Waals surface area contributed by atoms with Crippen molar-refractivity contribution in [2.45, 2.75) is 18.6 Å². The number of esters is 1. The van der Waals surface area contributed by atoms with E-state index in [1.54, 1.807) is 24.3 Å². The van der Waals surface area contributed by atoms with Gasteiger partial charge in [0.25, 0.3) is 5.56 Å². The number of rotatable bonds is 6. The van der Waals surface area contributed by atoms with Crippen molar-refractivity contribution < 1.29 is 28.2 Å². The number of urea groups is 1. The molecule has 1 aliphatic heterocycles. The van der Waals surface area contributed by atoms with Gasteiger partial charge in [-0.3, -0.25) is 14.2 Å². The molecule has 1 fully saturated rings. The van der Waals surface area contributed by atoms with Crippen LogP contribution in [0.5, 0.6) is 0 Å². The minimum Gasteiger partial charge on any atom is -0.465 e. The lowest BCUT2D eigenvalue weighted by Gasteiger charge is -2.24. The first kappa shape index (κ1) is 26.8. The Morgan fingerprint density at radius 3 is 2.45 bits per heavy atom. The number of amides is 3. The van der Waals surface area contributed by atoms with Crippen LogP contribution in [-0.4, -0.2) is 60.3 Å². The summed E-state index contributed by atoms with van der Waals surface area (Å²) in [6.45, 7) is 0.162. The van der Waals surface area contributed by atoms with Gasteiger partial charge in [-0.1, -0.05) is 11.6 Å². The summed E-state index contributed by atoms with van der Waals surface area (Å²) in [5.74, 6) is -2.23. The number of benzene rings is 2. The van der Waals surface area contributed by atoms with Crippen molar-refractivity contribution in [2.75, 3.05) is 31.4 Å². The maximum atomic E-state index is 15.0. The predicted molar refractivity (Wildman–Crippen MR) is 138 cm³/mol. The summed E-state index contributed by atoms with van der Waals surface area (Å²) >= 11 is 5.89. The molecule has 1 saturated heterocycles. The zero-order valence-corrected chi connectivity index (χ0v) is 21.2. The fourth-order valence-corrected chi connectivity index (χ4v) is 4.23. The second-order valence-corrected chi connectivity index (χ2v) is 8.88. The third kappa shape index (κ3) is 5.68. The fourth-order valence-electron chi connectivity index (χ4n) is 4.10. The van der Waals surface area contributed by atoms with Crippen LogP contribution in [0.4, 0.5) is 20.6 Å². The number of halogens is 2. The number of ether oxygens (including phenoxy) is 2. The molecule has 0 aliphatic carbocycles. The van der Waals surface area contributed by atoms with Crippen LogP contribution < -0.4 is 16.2 Å². The van der Waals surface area contributed by atoms with E-state index < -0.39 is 35.3 Å². The van der Waals surface area contributed by atoms with Gasteiger partial charge in [0, 0.05) is 43.0 Å². The van der Waals surface area contributed by atoms with Crippen molar-refractivity contribution in [3.63, 3.8) is 0 Å². The molecule has 1 aliphatic rings. The first-order valence-corrected chi connectivity index (χ1v) is 11.9. The molecule has 0 unspecified atom stereocenters. The summed E-state index contributed by atoms with van der Waals surface area (Å²) in [5.41, 5.74) is -0.406. The maximum absolute atomic E-state index is 15.0. The summed E-state index contributed by atoms with van der Waals surface area (Å²) < 4.78 is 26.1. The van der Waals surface area contributed by atoms with Gasteiger partial charge >= 0.3 is 12.0 Å². The van der Waals surface area contributed by atoms with Gasteiger partial charge in [0.05, 0.1) is 24.6 Å². The number of hydrogen-bond acceptors (Lipinski definition) is 6. The molecule has 1 aromatic heterocycles. The van der Waals surface area contributed by atoms with Gasteiger partial charge in [-0.2, -0.15) is 0 Å². The number of carbonyl (C=O) groups excluding carboxylic acids is 3. The first-order chi connectivity index (χ1) is 18.2. The van der Waals surface area contributed by atoms with Gasteiger partial charge in [0.1, 0.15) is 17.4 Å². The molecular weight excluding hydrogens is 519 g/mol. The highest BCUT2D eigenvalue weighted by atomic mass is 35.5. The average molecular weight is 543 g/mol. The van der Waals surface area contributed by atoms with E-state index >= 15 is 4.39 Å². The molecule has 4 rings (SSSR count). The van der Waals surface area contributed by atoms with Gasteiger partial charge < -0.3 is 25.0 Å². The number of methoxy groups -OCH3 is 2. The van der Waals surface area contributed by atoms with Gasteiger partial charge in [0.15, 0.2) is 0 Å². The molecule has 2 N–H and O–H groups in total. The molecule has 0 saturated carbocycles. The second-order valence-electron chi connectivity index (χ2n) is 8.44.